The number of hydrogen-bond donors (Lipinski definition) is 1. The number of halogens is 2. The molecule has 0 unspecified atom stereocenters. The summed E-state index contributed by atoms with van der Waals surface area (Å²) in [6.07, 6.45) is 4.57. The van der Waals surface area contributed by atoms with Crippen molar-refractivity contribution in [2.45, 2.75) is 19.7 Å². The third kappa shape index (κ3) is 5.37. The van der Waals surface area contributed by atoms with Gasteiger partial charge in [0.05, 0.1) is 17.4 Å². The molecule has 0 fully saturated rings. The summed E-state index contributed by atoms with van der Waals surface area (Å²) < 4.78 is 31.6. The van der Waals surface area contributed by atoms with Crippen LogP contribution in [0.4, 0.5) is 8.78 Å². The SMILES string of the molecule is O=C(/C=C/c1ccccc1OC(F)F)NCc1cccc(Cn2cnc3ccccc32)c1. The van der Waals surface area contributed by atoms with Gasteiger partial charge < -0.3 is 14.6 Å². The molecule has 0 bridgehead atoms. The van der Waals surface area contributed by atoms with E-state index in [9.17, 15) is 13.6 Å². The fourth-order valence-electron chi connectivity index (χ4n) is 3.41. The zero-order valence-electron chi connectivity index (χ0n) is 17.1. The van der Waals surface area contributed by atoms with E-state index in [2.05, 4.69) is 19.6 Å². The number of carbonyl (C=O) groups is 1. The van der Waals surface area contributed by atoms with Gasteiger partial charge in [-0.15, -0.1) is 0 Å². The van der Waals surface area contributed by atoms with Gasteiger partial charge in [0.1, 0.15) is 5.75 Å². The molecule has 0 aliphatic rings. The van der Waals surface area contributed by atoms with Gasteiger partial charge in [-0.05, 0) is 35.4 Å². The highest BCUT2D eigenvalue weighted by molar-refractivity contribution is 5.92. The third-order valence-corrected chi connectivity index (χ3v) is 4.89. The van der Waals surface area contributed by atoms with Crippen molar-refractivity contribution in [3.63, 3.8) is 0 Å². The van der Waals surface area contributed by atoms with E-state index >= 15 is 0 Å². The summed E-state index contributed by atoms with van der Waals surface area (Å²) in [6.45, 7) is -1.91. The Morgan fingerprint density at radius 2 is 1.81 bits per heavy atom. The van der Waals surface area contributed by atoms with Gasteiger partial charge in [0.2, 0.25) is 5.91 Å². The van der Waals surface area contributed by atoms with Gasteiger partial charge >= 0.3 is 6.61 Å². The van der Waals surface area contributed by atoms with Crippen LogP contribution in [0.1, 0.15) is 16.7 Å². The van der Waals surface area contributed by atoms with E-state index in [1.165, 1.54) is 18.2 Å². The minimum Gasteiger partial charge on any atom is -0.434 e. The quantitative estimate of drug-likeness (QED) is 0.397. The van der Waals surface area contributed by atoms with Crippen LogP contribution >= 0.6 is 0 Å². The second-order valence-corrected chi connectivity index (χ2v) is 7.15. The number of benzene rings is 3. The van der Waals surface area contributed by atoms with Gasteiger partial charge in [0.15, 0.2) is 0 Å². The van der Waals surface area contributed by atoms with E-state index in [1.807, 2.05) is 54.9 Å². The molecule has 0 atom stereocenters. The van der Waals surface area contributed by atoms with Crippen molar-refractivity contribution in [3.05, 3.63) is 102 Å². The van der Waals surface area contributed by atoms with Crippen molar-refractivity contribution in [1.82, 2.24) is 14.9 Å². The number of nitrogens with zero attached hydrogens (tertiary/aromatic N) is 2. The number of amides is 1. The van der Waals surface area contributed by atoms with Crippen LogP contribution in [-0.2, 0) is 17.9 Å². The van der Waals surface area contributed by atoms with E-state index < -0.39 is 6.61 Å². The number of aromatic nitrogens is 2. The first-order chi connectivity index (χ1) is 15.6. The summed E-state index contributed by atoms with van der Waals surface area (Å²) in [5.41, 5.74) is 4.46. The van der Waals surface area contributed by atoms with Gasteiger partial charge in [0, 0.05) is 24.7 Å². The zero-order valence-corrected chi connectivity index (χ0v) is 17.1. The van der Waals surface area contributed by atoms with Crippen LogP contribution < -0.4 is 10.1 Å². The van der Waals surface area contributed by atoms with Crippen molar-refractivity contribution in [2.75, 3.05) is 0 Å². The van der Waals surface area contributed by atoms with Crippen molar-refractivity contribution < 1.29 is 18.3 Å². The number of rotatable bonds is 8. The third-order valence-electron chi connectivity index (χ3n) is 4.89. The number of hydrogen-bond acceptors (Lipinski definition) is 3. The zero-order chi connectivity index (χ0) is 22.3. The van der Waals surface area contributed by atoms with Crippen molar-refractivity contribution in [3.8, 4) is 5.75 Å². The summed E-state index contributed by atoms with van der Waals surface area (Å²) in [6, 6.07) is 22.2. The van der Waals surface area contributed by atoms with Crippen LogP contribution in [0.25, 0.3) is 17.1 Å². The normalized spacial score (nSPS) is 11.3. The smallest absolute Gasteiger partial charge is 0.387 e. The lowest BCUT2D eigenvalue weighted by atomic mass is 10.1. The van der Waals surface area contributed by atoms with E-state index in [0.29, 0.717) is 18.7 Å². The first-order valence-electron chi connectivity index (χ1n) is 10.1. The molecule has 3 aromatic carbocycles. The number of nitrogens with one attached hydrogen (secondary N) is 1. The predicted molar refractivity (Wildman–Crippen MR) is 119 cm³/mol. The molecule has 5 nitrogen and oxygen atoms in total. The van der Waals surface area contributed by atoms with Gasteiger partial charge in [-0.25, -0.2) is 4.98 Å². The molecule has 4 aromatic rings. The Bertz CT molecular complexity index is 1250. The van der Waals surface area contributed by atoms with Crippen LogP contribution in [0.2, 0.25) is 0 Å². The number of ether oxygens (including phenoxy) is 1. The van der Waals surface area contributed by atoms with Crippen LogP contribution in [0, 0.1) is 0 Å². The van der Waals surface area contributed by atoms with Gasteiger partial charge in [0.25, 0.3) is 0 Å². The number of carbonyl (C=O) groups excluding carboxylic acids is 1. The summed E-state index contributed by atoms with van der Waals surface area (Å²) in [5.74, 6) is -0.311. The molecule has 1 amide bonds. The lowest BCUT2D eigenvalue weighted by Crippen LogP contribution is -2.20. The summed E-state index contributed by atoms with van der Waals surface area (Å²) in [4.78, 5) is 16.6. The molecule has 0 radical (unpaired) electrons. The molecule has 0 saturated carbocycles. The largest absolute Gasteiger partial charge is 0.434 e. The fourth-order valence-corrected chi connectivity index (χ4v) is 3.41. The van der Waals surface area contributed by atoms with Crippen LogP contribution in [0.15, 0.2) is 85.2 Å². The molecule has 1 N–H and O–H groups in total. The summed E-state index contributed by atoms with van der Waals surface area (Å²) >= 11 is 0. The molecule has 32 heavy (non-hydrogen) atoms. The van der Waals surface area contributed by atoms with Crippen molar-refractivity contribution >= 4 is 23.0 Å². The molecule has 4 rings (SSSR count). The maximum absolute atomic E-state index is 12.5. The Balaban J connectivity index is 1.37. The monoisotopic (exact) mass is 433 g/mol. The lowest BCUT2D eigenvalue weighted by molar-refractivity contribution is -0.116. The summed E-state index contributed by atoms with van der Waals surface area (Å²) in [7, 11) is 0. The number of imidazole rings is 1. The highest BCUT2D eigenvalue weighted by atomic mass is 19.3. The van der Waals surface area contributed by atoms with Crippen molar-refractivity contribution in [1.29, 1.82) is 0 Å². The highest BCUT2D eigenvalue weighted by Crippen LogP contribution is 2.21. The highest BCUT2D eigenvalue weighted by Gasteiger charge is 2.08. The van der Waals surface area contributed by atoms with Crippen molar-refractivity contribution in [2.24, 2.45) is 0 Å². The molecular weight excluding hydrogens is 412 g/mol. The van der Waals surface area contributed by atoms with Gasteiger partial charge in [-0.2, -0.15) is 8.78 Å². The van der Waals surface area contributed by atoms with E-state index in [1.54, 1.807) is 18.2 Å². The molecule has 1 heterocycles. The minimum absolute atomic E-state index is 0.0197. The lowest BCUT2D eigenvalue weighted by Gasteiger charge is -2.08. The molecule has 1 aromatic heterocycles. The Morgan fingerprint density at radius 3 is 2.69 bits per heavy atom. The van der Waals surface area contributed by atoms with Crippen LogP contribution in [0.5, 0.6) is 5.75 Å². The standard InChI is InChI=1S/C25H21F2N3O2/c26-25(27)32-23-11-4-1-8-20(23)12-13-24(31)28-15-18-6-5-7-19(14-18)16-30-17-29-21-9-2-3-10-22(21)30/h1-14,17,25H,15-16H2,(H,28,31)/b13-12+. The second-order valence-electron chi connectivity index (χ2n) is 7.15. The molecule has 7 heteroatoms. The Kier molecular flexibility index (Phi) is 6.55. The minimum atomic E-state index is -2.93. The van der Waals surface area contributed by atoms with E-state index in [4.69, 9.17) is 0 Å². The van der Waals surface area contributed by atoms with E-state index in [0.717, 1.165) is 22.2 Å². The average molecular weight is 433 g/mol. The number of fused-ring (bicyclic) bond motifs is 1. The van der Waals surface area contributed by atoms with Gasteiger partial charge in [-0.1, -0.05) is 54.6 Å². The number of alkyl halides is 2. The fraction of sp³-hybridized carbons (Fsp3) is 0.120. The molecule has 0 aliphatic carbocycles. The Hall–Kier alpha value is -4.00. The molecule has 0 spiro atoms. The average Bonchev–Trinajstić information content (AvgIpc) is 3.20. The summed E-state index contributed by atoms with van der Waals surface area (Å²) in [5, 5.41) is 2.81. The molecule has 0 aliphatic heterocycles. The molecule has 162 valence electrons. The van der Waals surface area contributed by atoms with Crippen LogP contribution in [-0.4, -0.2) is 22.1 Å². The number of para-hydroxylation sites is 3. The Morgan fingerprint density at radius 1 is 1.03 bits per heavy atom. The first-order valence-corrected chi connectivity index (χ1v) is 10.1. The van der Waals surface area contributed by atoms with E-state index in [-0.39, 0.29) is 11.7 Å². The molecule has 0 saturated heterocycles. The first kappa shape index (κ1) is 21.2. The Labute approximate surface area is 184 Å². The topological polar surface area (TPSA) is 56.1 Å². The van der Waals surface area contributed by atoms with Gasteiger partial charge in [-0.3, -0.25) is 4.79 Å². The molecular formula is C25H21F2N3O2. The maximum Gasteiger partial charge on any atom is 0.387 e. The van der Waals surface area contributed by atoms with Crippen LogP contribution in [0.3, 0.4) is 0 Å². The maximum atomic E-state index is 12.5. The second kappa shape index (κ2) is 9.87. The predicted octanol–water partition coefficient (Wildman–Crippen LogP) is 5.02.